The van der Waals surface area contributed by atoms with Crippen LogP contribution in [-0.2, 0) is 0 Å². The molecule has 0 saturated carbocycles. The van der Waals surface area contributed by atoms with Gasteiger partial charge in [0, 0.05) is 19.8 Å². The average Bonchev–Trinajstić information content (AvgIpc) is 2.46. The fraction of sp³-hybridized carbons (Fsp3) is 0.250. The molecule has 0 aliphatic heterocycles. The molecule has 2 N–H and O–H groups in total. The van der Waals surface area contributed by atoms with E-state index in [0.717, 1.165) is 16.9 Å². The summed E-state index contributed by atoms with van der Waals surface area (Å²) in [5.41, 5.74) is 9.61. The molecule has 0 aliphatic rings. The van der Waals surface area contributed by atoms with Crippen molar-refractivity contribution in [3.63, 3.8) is 0 Å². The molecule has 100 valence electrons. The van der Waals surface area contributed by atoms with E-state index in [1.54, 1.807) is 7.11 Å². The van der Waals surface area contributed by atoms with Crippen LogP contribution in [0.25, 0.3) is 0 Å². The second-order valence-corrected chi connectivity index (χ2v) is 4.74. The van der Waals surface area contributed by atoms with E-state index in [0.29, 0.717) is 0 Å². The first-order valence-electron chi connectivity index (χ1n) is 6.28. The first kappa shape index (κ1) is 13.4. The SMILES string of the molecule is COc1cccc(C(N)c2ccc(N(C)C)cc2)c1. The number of rotatable bonds is 4. The Morgan fingerprint density at radius 3 is 2.26 bits per heavy atom. The van der Waals surface area contributed by atoms with E-state index < -0.39 is 0 Å². The summed E-state index contributed by atoms with van der Waals surface area (Å²) in [6.07, 6.45) is 0. The predicted molar refractivity (Wildman–Crippen MR) is 79.8 cm³/mol. The zero-order chi connectivity index (χ0) is 13.8. The fourth-order valence-corrected chi connectivity index (χ4v) is 2.01. The number of ether oxygens (including phenoxy) is 1. The summed E-state index contributed by atoms with van der Waals surface area (Å²) in [7, 11) is 5.71. The second kappa shape index (κ2) is 5.76. The number of anilines is 1. The van der Waals surface area contributed by atoms with Crippen LogP contribution < -0.4 is 15.4 Å². The Bertz CT molecular complexity index is 535. The number of methoxy groups -OCH3 is 1. The van der Waals surface area contributed by atoms with E-state index in [1.165, 1.54) is 5.69 Å². The normalized spacial score (nSPS) is 12.0. The zero-order valence-corrected chi connectivity index (χ0v) is 11.6. The molecule has 2 rings (SSSR count). The van der Waals surface area contributed by atoms with Gasteiger partial charge in [0.15, 0.2) is 0 Å². The van der Waals surface area contributed by atoms with Gasteiger partial charge >= 0.3 is 0 Å². The van der Waals surface area contributed by atoms with Crippen LogP contribution in [0.2, 0.25) is 0 Å². The number of nitrogens with two attached hydrogens (primary N) is 1. The third-order valence-corrected chi connectivity index (χ3v) is 3.22. The quantitative estimate of drug-likeness (QED) is 0.914. The molecular formula is C16H20N2O. The third-order valence-electron chi connectivity index (χ3n) is 3.22. The van der Waals surface area contributed by atoms with Crippen LogP contribution in [0.5, 0.6) is 5.75 Å². The van der Waals surface area contributed by atoms with Gasteiger partial charge in [0.25, 0.3) is 0 Å². The maximum atomic E-state index is 6.30. The summed E-state index contributed by atoms with van der Waals surface area (Å²) in [6, 6.07) is 16.0. The van der Waals surface area contributed by atoms with Crippen LogP contribution in [-0.4, -0.2) is 21.2 Å². The highest BCUT2D eigenvalue weighted by Crippen LogP contribution is 2.24. The highest BCUT2D eigenvalue weighted by molar-refractivity contribution is 5.48. The summed E-state index contributed by atoms with van der Waals surface area (Å²) >= 11 is 0. The molecule has 1 atom stereocenters. The highest BCUT2D eigenvalue weighted by atomic mass is 16.5. The summed E-state index contributed by atoms with van der Waals surface area (Å²) in [5.74, 6) is 0.831. The number of nitrogens with zero attached hydrogens (tertiary/aromatic N) is 1. The van der Waals surface area contributed by atoms with Crippen LogP contribution in [0.4, 0.5) is 5.69 Å². The van der Waals surface area contributed by atoms with Gasteiger partial charge in [-0.15, -0.1) is 0 Å². The van der Waals surface area contributed by atoms with Gasteiger partial charge < -0.3 is 15.4 Å². The molecule has 19 heavy (non-hydrogen) atoms. The van der Waals surface area contributed by atoms with Crippen molar-refractivity contribution in [2.24, 2.45) is 5.73 Å². The lowest BCUT2D eigenvalue weighted by Crippen LogP contribution is -2.13. The van der Waals surface area contributed by atoms with Gasteiger partial charge in [0.2, 0.25) is 0 Å². The Morgan fingerprint density at radius 2 is 1.68 bits per heavy atom. The van der Waals surface area contributed by atoms with Crippen molar-refractivity contribution in [3.8, 4) is 5.75 Å². The van der Waals surface area contributed by atoms with Crippen LogP contribution in [0, 0.1) is 0 Å². The first-order valence-corrected chi connectivity index (χ1v) is 6.28. The molecule has 2 aromatic rings. The van der Waals surface area contributed by atoms with E-state index in [9.17, 15) is 0 Å². The Morgan fingerprint density at radius 1 is 1.00 bits per heavy atom. The smallest absolute Gasteiger partial charge is 0.119 e. The van der Waals surface area contributed by atoms with Gasteiger partial charge in [-0.25, -0.2) is 0 Å². The molecule has 0 heterocycles. The standard InChI is InChI=1S/C16H20N2O/c1-18(2)14-9-7-12(8-10-14)16(17)13-5-4-6-15(11-13)19-3/h4-11,16H,17H2,1-3H3. The van der Waals surface area contributed by atoms with Crippen LogP contribution in [0.15, 0.2) is 48.5 Å². The van der Waals surface area contributed by atoms with E-state index in [4.69, 9.17) is 10.5 Å². The lowest BCUT2D eigenvalue weighted by Gasteiger charge is -2.16. The summed E-state index contributed by atoms with van der Waals surface area (Å²) < 4.78 is 5.23. The highest BCUT2D eigenvalue weighted by Gasteiger charge is 2.09. The molecule has 2 aromatic carbocycles. The minimum Gasteiger partial charge on any atom is -0.497 e. The van der Waals surface area contributed by atoms with Gasteiger partial charge in [-0.3, -0.25) is 0 Å². The van der Waals surface area contributed by atoms with E-state index in [2.05, 4.69) is 29.2 Å². The van der Waals surface area contributed by atoms with Gasteiger partial charge in [-0.1, -0.05) is 24.3 Å². The molecule has 1 unspecified atom stereocenters. The van der Waals surface area contributed by atoms with Crippen LogP contribution in [0.1, 0.15) is 17.2 Å². The molecule has 0 spiro atoms. The summed E-state index contributed by atoms with van der Waals surface area (Å²) in [4.78, 5) is 2.07. The third kappa shape index (κ3) is 3.06. The Labute approximate surface area is 114 Å². The molecule has 0 aromatic heterocycles. The zero-order valence-electron chi connectivity index (χ0n) is 11.6. The minimum absolute atomic E-state index is 0.133. The van der Waals surface area contributed by atoms with Crippen LogP contribution in [0.3, 0.4) is 0 Å². The lowest BCUT2D eigenvalue weighted by molar-refractivity contribution is 0.414. The van der Waals surface area contributed by atoms with E-state index in [-0.39, 0.29) is 6.04 Å². The maximum absolute atomic E-state index is 6.30. The van der Waals surface area contributed by atoms with Crippen molar-refractivity contribution in [3.05, 3.63) is 59.7 Å². The molecular weight excluding hydrogens is 236 g/mol. The predicted octanol–water partition coefficient (Wildman–Crippen LogP) is 2.81. The minimum atomic E-state index is -0.133. The number of benzene rings is 2. The van der Waals surface area contributed by atoms with Crippen molar-refractivity contribution in [2.45, 2.75) is 6.04 Å². The van der Waals surface area contributed by atoms with Crippen molar-refractivity contribution in [2.75, 3.05) is 26.1 Å². The van der Waals surface area contributed by atoms with Gasteiger partial charge in [-0.05, 0) is 35.4 Å². The van der Waals surface area contributed by atoms with E-state index >= 15 is 0 Å². The molecule has 0 saturated heterocycles. The van der Waals surface area contributed by atoms with Gasteiger partial charge in [-0.2, -0.15) is 0 Å². The number of hydrogen-bond donors (Lipinski definition) is 1. The molecule has 3 nitrogen and oxygen atoms in total. The summed E-state index contributed by atoms with van der Waals surface area (Å²) in [5, 5.41) is 0. The topological polar surface area (TPSA) is 38.5 Å². The Balaban J connectivity index is 2.25. The monoisotopic (exact) mass is 256 g/mol. The Hall–Kier alpha value is -2.00. The summed E-state index contributed by atoms with van der Waals surface area (Å²) in [6.45, 7) is 0. The molecule has 0 radical (unpaired) electrons. The lowest BCUT2D eigenvalue weighted by atomic mass is 9.99. The maximum Gasteiger partial charge on any atom is 0.119 e. The van der Waals surface area contributed by atoms with Gasteiger partial charge in [0.05, 0.1) is 13.2 Å². The van der Waals surface area contributed by atoms with Crippen molar-refractivity contribution in [1.29, 1.82) is 0 Å². The fourth-order valence-electron chi connectivity index (χ4n) is 2.01. The van der Waals surface area contributed by atoms with Gasteiger partial charge in [0.1, 0.15) is 5.75 Å². The molecule has 0 bridgehead atoms. The average molecular weight is 256 g/mol. The van der Waals surface area contributed by atoms with Crippen molar-refractivity contribution in [1.82, 2.24) is 0 Å². The second-order valence-electron chi connectivity index (χ2n) is 4.74. The first-order chi connectivity index (χ1) is 9.11. The molecule has 3 heteroatoms. The largest absolute Gasteiger partial charge is 0.497 e. The van der Waals surface area contributed by atoms with Crippen LogP contribution >= 0.6 is 0 Å². The molecule has 0 fully saturated rings. The number of hydrogen-bond acceptors (Lipinski definition) is 3. The Kier molecular flexibility index (Phi) is 4.07. The molecule has 0 aliphatic carbocycles. The van der Waals surface area contributed by atoms with Crippen molar-refractivity contribution >= 4 is 5.69 Å². The van der Waals surface area contributed by atoms with Crippen molar-refractivity contribution < 1.29 is 4.74 Å². The molecule has 0 amide bonds. The van der Waals surface area contributed by atoms with E-state index in [1.807, 2.05) is 38.4 Å².